The summed E-state index contributed by atoms with van der Waals surface area (Å²) in [5.74, 6) is 0.908. The fourth-order valence-corrected chi connectivity index (χ4v) is 13.3. The van der Waals surface area contributed by atoms with Crippen molar-refractivity contribution < 1.29 is 80.2 Å². The highest BCUT2D eigenvalue weighted by atomic mass is 31.2. The number of phosphoric acid groups is 2. The van der Waals surface area contributed by atoms with Gasteiger partial charge in [0.1, 0.15) is 19.3 Å². The molecule has 19 heteroatoms. The number of aliphatic hydroxyl groups excluding tert-OH is 1. The molecule has 0 rings (SSSR count). The summed E-state index contributed by atoms with van der Waals surface area (Å²) < 4.78 is 68.5. The maximum absolute atomic E-state index is 13.1. The van der Waals surface area contributed by atoms with Crippen molar-refractivity contribution in [2.24, 2.45) is 23.7 Å². The zero-order chi connectivity index (χ0) is 71.0. The van der Waals surface area contributed by atoms with Crippen molar-refractivity contribution in [1.29, 1.82) is 0 Å². The van der Waals surface area contributed by atoms with Crippen LogP contribution in [-0.2, 0) is 65.4 Å². The molecule has 96 heavy (non-hydrogen) atoms. The molecule has 0 fully saturated rings. The van der Waals surface area contributed by atoms with Crippen LogP contribution in [-0.4, -0.2) is 96.7 Å². The molecule has 17 nitrogen and oxygen atoms in total. The number of aliphatic hydroxyl groups is 1. The average Bonchev–Trinajstić information content (AvgIpc) is 1.28. The molecule has 0 radical (unpaired) electrons. The van der Waals surface area contributed by atoms with Crippen LogP contribution in [0.15, 0.2) is 0 Å². The number of hydrogen-bond donors (Lipinski definition) is 3. The van der Waals surface area contributed by atoms with Crippen LogP contribution < -0.4 is 0 Å². The van der Waals surface area contributed by atoms with E-state index in [2.05, 4.69) is 55.4 Å². The van der Waals surface area contributed by atoms with E-state index in [0.29, 0.717) is 37.5 Å². The van der Waals surface area contributed by atoms with Crippen molar-refractivity contribution in [2.75, 3.05) is 39.6 Å². The molecule has 570 valence electrons. The van der Waals surface area contributed by atoms with Crippen molar-refractivity contribution in [3.63, 3.8) is 0 Å². The monoisotopic (exact) mass is 1410 g/mol. The molecule has 0 saturated heterocycles. The first kappa shape index (κ1) is 94.1. The van der Waals surface area contributed by atoms with Gasteiger partial charge in [0.15, 0.2) is 12.2 Å². The fourth-order valence-electron chi connectivity index (χ4n) is 11.7. The van der Waals surface area contributed by atoms with Crippen molar-refractivity contribution in [3.8, 4) is 0 Å². The maximum atomic E-state index is 13.1. The molecular formula is C77H150O17P2. The highest BCUT2D eigenvalue weighted by Crippen LogP contribution is 2.45. The number of hydrogen-bond acceptors (Lipinski definition) is 15. The van der Waals surface area contributed by atoms with Gasteiger partial charge in [-0.05, 0) is 49.4 Å². The molecule has 0 aliphatic rings. The Morgan fingerprint density at radius 1 is 0.292 bits per heavy atom. The van der Waals surface area contributed by atoms with Crippen LogP contribution in [0.3, 0.4) is 0 Å². The molecular weight excluding hydrogens is 1260 g/mol. The van der Waals surface area contributed by atoms with Gasteiger partial charge in [-0.25, -0.2) is 9.13 Å². The Hall–Kier alpha value is -1.94. The van der Waals surface area contributed by atoms with Gasteiger partial charge >= 0.3 is 39.5 Å². The predicted molar refractivity (Wildman–Crippen MR) is 391 cm³/mol. The number of carbonyl (C=O) groups is 4. The van der Waals surface area contributed by atoms with E-state index in [9.17, 15) is 43.2 Å². The molecule has 0 heterocycles. The number of rotatable bonds is 74. The third-order valence-electron chi connectivity index (χ3n) is 18.2. The quantitative estimate of drug-likeness (QED) is 0.0222. The van der Waals surface area contributed by atoms with Gasteiger partial charge in [0.25, 0.3) is 0 Å². The molecule has 3 N–H and O–H groups in total. The third kappa shape index (κ3) is 69.2. The fraction of sp³-hybridized carbons (Fsp3) is 0.948. The lowest BCUT2D eigenvalue weighted by Crippen LogP contribution is -2.30. The van der Waals surface area contributed by atoms with Crippen molar-refractivity contribution in [2.45, 2.75) is 408 Å². The topological polar surface area (TPSA) is 237 Å². The number of ether oxygens (including phenoxy) is 4. The molecule has 0 aliphatic heterocycles. The standard InChI is InChI=1S/C77H150O17P2/c1-9-70(8)56-48-40-31-25-21-17-14-15-18-22-26-32-41-49-57-74(79)87-64-73(94-77(82)60-52-44-36-35-39-47-55-69(6)7)66-92-96(85,86)90-62-71(78)61-89-95(83,84)91-65-72(63-88-75(80)58-50-42-34-28-30-38-46-54-68(4)5)93-76(81)59-51-43-33-27-23-19-13-11-10-12-16-20-24-29-37-45-53-67(2)3/h67-73,78H,9-66H2,1-8H3,(H,83,84)(H,85,86)/t70?,71?,72-,73-/m1/s1. The molecule has 0 aliphatic carbocycles. The van der Waals surface area contributed by atoms with E-state index in [-0.39, 0.29) is 25.7 Å². The Bertz CT molecular complexity index is 1890. The Labute approximate surface area is 588 Å². The summed E-state index contributed by atoms with van der Waals surface area (Å²) in [7, 11) is -9.91. The van der Waals surface area contributed by atoms with Crippen LogP contribution >= 0.6 is 15.6 Å². The third-order valence-corrected chi connectivity index (χ3v) is 20.1. The Balaban J connectivity index is 5.15. The minimum Gasteiger partial charge on any atom is -0.462 e. The van der Waals surface area contributed by atoms with Crippen LogP contribution in [0.2, 0.25) is 0 Å². The van der Waals surface area contributed by atoms with Crippen LogP contribution in [0.1, 0.15) is 389 Å². The lowest BCUT2D eigenvalue weighted by Gasteiger charge is -2.21. The summed E-state index contributed by atoms with van der Waals surface area (Å²) in [6.07, 6.45) is 51.7. The molecule has 0 bridgehead atoms. The second kappa shape index (κ2) is 66.3. The molecule has 6 atom stereocenters. The number of carbonyl (C=O) groups excluding carboxylic acids is 4. The van der Waals surface area contributed by atoms with Crippen molar-refractivity contribution >= 4 is 39.5 Å². The average molecular weight is 1410 g/mol. The van der Waals surface area contributed by atoms with Gasteiger partial charge in [0, 0.05) is 25.7 Å². The Morgan fingerprint density at radius 2 is 0.500 bits per heavy atom. The second-order valence-corrected chi connectivity index (χ2v) is 32.3. The number of unbranched alkanes of at least 4 members (excludes halogenated alkanes) is 39. The first-order valence-corrected chi connectivity index (χ1v) is 42.7. The first-order chi connectivity index (χ1) is 46.1. The lowest BCUT2D eigenvalue weighted by atomic mass is 9.99. The Morgan fingerprint density at radius 3 is 0.740 bits per heavy atom. The SMILES string of the molecule is CCC(C)CCCCCCCCCCCCCCCCC(=O)OC[C@H](COP(=O)(O)OCC(O)COP(=O)(O)OC[C@@H](COC(=O)CCCCCCCCCC(C)C)OC(=O)CCCCCCCCCCCCCCCCCCC(C)C)OC(=O)CCCCCCCCC(C)C. The van der Waals surface area contributed by atoms with E-state index in [1.54, 1.807) is 0 Å². The van der Waals surface area contributed by atoms with Gasteiger partial charge in [-0.3, -0.25) is 37.3 Å². The maximum Gasteiger partial charge on any atom is 0.472 e. The largest absolute Gasteiger partial charge is 0.472 e. The predicted octanol–water partition coefficient (Wildman–Crippen LogP) is 22.4. The lowest BCUT2D eigenvalue weighted by molar-refractivity contribution is -0.161. The van der Waals surface area contributed by atoms with Gasteiger partial charge in [-0.1, -0.05) is 338 Å². The minimum atomic E-state index is -4.96. The Kier molecular flexibility index (Phi) is 65.0. The van der Waals surface area contributed by atoms with Gasteiger partial charge in [0.05, 0.1) is 26.4 Å². The van der Waals surface area contributed by atoms with E-state index in [1.807, 2.05) is 0 Å². The molecule has 0 saturated carbocycles. The van der Waals surface area contributed by atoms with Crippen molar-refractivity contribution in [3.05, 3.63) is 0 Å². The van der Waals surface area contributed by atoms with Gasteiger partial charge in [0.2, 0.25) is 0 Å². The highest BCUT2D eigenvalue weighted by molar-refractivity contribution is 7.47. The van der Waals surface area contributed by atoms with E-state index in [0.717, 1.165) is 108 Å². The van der Waals surface area contributed by atoms with E-state index in [4.69, 9.17) is 37.0 Å². The van der Waals surface area contributed by atoms with Crippen LogP contribution in [0.25, 0.3) is 0 Å². The molecule has 0 aromatic rings. The van der Waals surface area contributed by atoms with Crippen LogP contribution in [0, 0.1) is 23.7 Å². The molecule has 0 aromatic carbocycles. The van der Waals surface area contributed by atoms with Crippen LogP contribution in [0.4, 0.5) is 0 Å². The molecule has 0 amide bonds. The van der Waals surface area contributed by atoms with E-state index < -0.39 is 97.5 Å². The normalized spacial score (nSPS) is 14.4. The summed E-state index contributed by atoms with van der Waals surface area (Å²) in [5.41, 5.74) is 0. The molecule has 0 aromatic heterocycles. The summed E-state index contributed by atoms with van der Waals surface area (Å²) in [4.78, 5) is 72.7. The zero-order valence-electron chi connectivity index (χ0n) is 63.0. The second-order valence-electron chi connectivity index (χ2n) is 29.4. The van der Waals surface area contributed by atoms with Gasteiger partial charge in [-0.15, -0.1) is 0 Å². The first-order valence-electron chi connectivity index (χ1n) is 39.7. The molecule has 4 unspecified atom stereocenters. The summed E-state index contributed by atoms with van der Waals surface area (Å²) in [6, 6.07) is 0. The smallest absolute Gasteiger partial charge is 0.462 e. The summed E-state index contributed by atoms with van der Waals surface area (Å²) >= 11 is 0. The van der Waals surface area contributed by atoms with Crippen molar-refractivity contribution in [1.82, 2.24) is 0 Å². The number of esters is 4. The number of phosphoric ester groups is 2. The summed E-state index contributed by atoms with van der Waals surface area (Å²) in [6.45, 7) is 14.1. The van der Waals surface area contributed by atoms with E-state index >= 15 is 0 Å². The minimum absolute atomic E-state index is 0.102. The summed E-state index contributed by atoms with van der Waals surface area (Å²) in [5, 5.41) is 10.6. The highest BCUT2D eigenvalue weighted by Gasteiger charge is 2.30. The van der Waals surface area contributed by atoms with Crippen LogP contribution in [0.5, 0.6) is 0 Å². The van der Waals surface area contributed by atoms with E-state index in [1.165, 1.54) is 186 Å². The van der Waals surface area contributed by atoms with Gasteiger partial charge < -0.3 is 33.8 Å². The molecule has 0 spiro atoms. The van der Waals surface area contributed by atoms with Gasteiger partial charge in [-0.2, -0.15) is 0 Å². The zero-order valence-corrected chi connectivity index (χ0v) is 64.8.